The lowest BCUT2D eigenvalue weighted by Crippen LogP contribution is -2.17. The molecule has 0 spiro atoms. The number of benzene rings is 6. The Morgan fingerprint density at radius 1 is 0.396 bits per heavy atom. The molecule has 0 bridgehead atoms. The Bertz CT molecular complexity index is 1940. The molecule has 53 heavy (non-hydrogen) atoms. The number of amides is 2. The summed E-state index contributed by atoms with van der Waals surface area (Å²) in [6, 6.07) is 42.9. The molecule has 0 aliphatic rings. The molecule has 0 atom stereocenters. The van der Waals surface area contributed by atoms with E-state index in [1.165, 1.54) is 0 Å². The molecule has 0 aliphatic heterocycles. The van der Waals surface area contributed by atoms with E-state index in [-0.39, 0.29) is 24.7 Å². The van der Waals surface area contributed by atoms with Crippen LogP contribution in [0.3, 0.4) is 0 Å². The van der Waals surface area contributed by atoms with Crippen molar-refractivity contribution in [2.24, 2.45) is 0 Å². The van der Waals surface area contributed by atoms with Gasteiger partial charge in [0.25, 0.3) is 0 Å². The molecule has 0 fully saturated rings. The van der Waals surface area contributed by atoms with E-state index in [4.69, 9.17) is 23.7 Å². The second kappa shape index (κ2) is 19.8. The number of ether oxygens (including phenoxy) is 5. The summed E-state index contributed by atoms with van der Waals surface area (Å²) in [5.74, 6) is 0.957. The number of anilines is 2. The Morgan fingerprint density at radius 2 is 0.755 bits per heavy atom. The maximum atomic E-state index is 12.9. The Morgan fingerprint density at radius 3 is 1.21 bits per heavy atom. The molecule has 2 amide bonds. The van der Waals surface area contributed by atoms with Crippen molar-refractivity contribution in [3.05, 3.63) is 145 Å². The Hall–Kier alpha value is -5.74. The van der Waals surface area contributed by atoms with Crippen LogP contribution in [-0.2, 0) is 36.6 Å². The summed E-state index contributed by atoms with van der Waals surface area (Å²) < 4.78 is 28.7. The van der Waals surface area contributed by atoms with Gasteiger partial charge in [-0.15, -0.1) is 0 Å². The molecule has 0 saturated carbocycles. The lowest BCUT2D eigenvalue weighted by molar-refractivity contribution is -0.116. The molecule has 0 aliphatic carbocycles. The second-order valence-corrected chi connectivity index (χ2v) is 12.3. The maximum Gasteiger partial charge on any atom is 0.228 e. The highest BCUT2D eigenvalue weighted by molar-refractivity contribution is 5.98. The third-order valence-corrected chi connectivity index (χ3v) is 8.50. The van der Waals surface area contributed by atoms with Crippen molar-refractivity contribution in [3.63, 3.8) is 0 Å². The maximum absolute atomic E-state index is 12.9. The third-order valence-electron chi connectivity index (χ3n) is 8.50. The molecule has 0 unspecified atom stereocenters. The fraction of sp³-hybridized carbons (Fsp3) is 0.227. The molecule has 2 N–H and O–H groups in total. The van der Waals surface area contributed by atoms with Crippen molar-refractivity contribution < 1.29 is 33.3 Å². The highest BCUT2D eigenvalue weighted by Crippen LogP contribution is 2.26. The summed E-state index contributed by atoms with van der Waals surface area (Å²) in [6.45, 7) is 3.09. The van der Waals surface area contributed by atoms with Gasteiger partial charge in [0.05, 0.1) is 63.9 Å². The SMILES string of the molecule is O=C(Cc1cccc2ccccc12)Nc1ccccc1OCCOCCOCCOCCOc1ccccc1NC(=O)Cc1cccc2ccccc12. The topological polar surface area (TPSA) is 104 Å². The van der Waals surface area contributed by atoms with Gasteiger partial charge in [0.1, 0.15) is 24.7 Å². The van der Waals surface area contributed by atoms with Crippen LogP contribution in [0, 0.1) is 0 Å². The van der Waals surface area contributed by atoms with E-state index < -0.39 is 0 Å². The Labute approximate surface area is 309 Å². The fourth-order valence-electron chi connectivity index (χ4n) is 5.98. The van der Waals surface area contributed by atoms with Gasteiger partial charge in [0.15, 0.2) is 0 Å². The van der Waals surface area contributed by atoms with E-state index in [1.807, 2.05) is 133 Å². The van der Waals surface area contributed by atoms with Gasteiger partial charge in [-0.05, 0) is 56.9 Å². The lowest BCUT2D eigenvalue weighted by atomic mass is 10.0. The zero-order valence-corrected chi connectivity index (χ0v) is 29.6. The number of fused-ring (bicyclic) bond motifs is 2. The quantitative estimate of drug-likeness (QED) is 0.0777. The van der Waals surface area contributed by atoms with Crippen LogP contribution in [0.1, 0.15) is 11.1 Å². The average molecular weight is 713 g/mol. The normalized spacial score (nSPS) is 11.0. The van der Waals surface area contributed by atoms with Crippen LogP contribution in [0.2, 0.25) is 0 Å². The van der Waals surface area contributed by atoms with Crippen molar-refractivity contribution in [2.45, 2.75) is 12.8 Å². The third kappa shape index (κ3) is 11.1. The van der Waals surface area contributed by atoms with Gasteiger partial charge in [-0.2, -0.15) is 0 Å². The van der Waals surface area contributed by atoms with Crippen LogP contribution in [0.25, 0.3) is 21.5 Å². The van der Waals surface area contributed by atoms with E-state index in [9.17, 15) is 9.59 Å². The number of nitrogens with one attached hydrogen (secondary N) is 2. The van der Waals surface area contributed by atoms with E-state index in [2.05, 4.69) is 10.6 Å². The minimum atomic E-state index is -0.109. The predicted molar refractivity (Wildman–Crippen MR) is 209 cm³/mol. The molecule has 6 aromatic carbocycles. The van der Waals surface area contributed by atoms with E-state index >= 15 is 0 Å². The van der Waals surface area contributed by atoms with Crippen LogP contribution in [0.4, 0.5) is 11.4 Å². The minimum Gasteiger partial charge on any atom is -0.489 e. The monoisotopic (exact) mass is 712 g/mol. The van der Waals surface area contributed by atoms with Gasteiger partial charge in [-0.1, -0.05) is 109 Å². The van der Waals surface area contributed by atoms with Gasteiger partial charge >= 0.3 is 0 Å². The number of rotatable bonds is 20. The summed E-state index contributed by atoms with van der Waals surface area (Å²) >= 11 is 0. The minimum absolute atomic E-state index is 0.109. The van der Waals surface area contributed by atoms with Gasteiger partial charge in [0.2, 0.25) is 11.8 Å². The highest BCUT2D eigenvalue weighted by Gasteiger charge is 2.12. The molecule has 0 radical (unpaired) electrons. The number of para-hydroxylation sites is 4. The predicted octanol–water partition coefficient (Wildman–Crippen LogP) is 7.86. The first kappa shape index (κ1) is 37.0. The largest absolute Gasteiger partial charge is 0.489 e. The summed E-state index contributed by atoms with van der Waals surface area (Å²) in [4.78, 5) is 25.8. The molecular weight excluding hydrogens is 668 g/mol. The smallest absolute Gasteiger partial charge is 0.228 e. The number of carbonyl (C=O) groups is 2. The number of hydrogen-bond donors (Lipinski definition) is 2. The van der Waals surface area contributed by atoms with Gasteiger partial charge in [0, 0.05) is 0 Å². The van der Waals surface area contributed by atoms with Crippen LogP contribution in [-0.4, -0.2) is 64.7 Å². The zero-order chi connectivity index (χ0) is 36.5. The molecule has 0 aromatic heterocycles. The molecule has 272 valence electrons. The fourth-order valence-corrected chi connectivity index (χ4v) is 5.98. The van der Waals surface area contributed by atoms with Crippen LogP contribution >= 0.6 is 0 Å². The first-order valence-corrected chi connectivity index (χ1v) is 17.8. The summed E-state index contributed by atoms with van der Waals surface area (Å²) in [5, 5.41) is 10.3. The van der Waals surface area contributed by atoms with Gasteiger partial charge in [-0.25, -0.2) is 0 Å². The average Bonchev–Trinajstić information content (AvgIpc) is 3.18. The Kier molecular flexibility index (Phi) is 13.8. The van der Waals surface area contributed by atoms with Crippen LogP contribution < -0.4 is 20.1 Å². The standard InChI is InChI=1S/C44H44N2O7/c47-43(31-35-15-9-13-33-11-1-3-17-37(33)35)45-39-19-5-7-21-41(39)52-29-27-50-25-23-49-24-26-51-28-30-53-42-22-8-6-20-40(42)46-44(48)32-36-16-10-14-34-12-2-4-18-38(34)36/h1-22H,23-32H2,(H,45,47)(H,46,48). The Balaban J connectivity index is 0.807. The zero-order valence-electron chi connectivity index (χ0n) is 29.6. The first-order chi connectivity index (χ1) is 26.1. The van der Waals surface area contributed by atoms with Crippen molar-refractivity contribution >= 4 is 44.7 Å². The van der Waals surface area contributed by atoms with E-state index in [1.54, 1.807) is 0 Å². The summed E-state index contributed by atoms with van der Waals surface area (Å²) in [6.07, 6.45) is 0.530. The molecule has 0 saturated heterocycles. The number of carbonyl (C=O) groups excluding carboxylic acids is 2. The van der Waals surface area contributed by atoms with Crippen LogP contribution in [0.15, 0.2) is 133 Å². The second-order valence-electron chi connectivity index (χ2n) is 12.3. The van der Waals surface area contributed by atoms with Crippen molar-refractivity contribution in [2.75, 3.05) is 63.5 Å². The lowest BCUT2D eigenvalue weighted by Gasteiger charge is -2.14. The van der Waals surface area contributed by atoms with Crippen LogP contribution in [0.5, 0.6) is 11.5 Å². The highest BCUT2D eigenvalue weighted by atomic mass is 16.6. The van der Waals surface area contributed by atoms with Gasteiger partial charge in [-0.3, -0.25) is 9.59 Å². The summed E-state index contributed by atoms with van der Waals surface area (Å²) in [7, 11) is 0. The van der Waals surface area contributed by atoms with Crippen molar-refractivity contribution in [3.8, 4) is 11.5 Å². The molecule has 6 rings (SSSR count). The molecule has 9 nitrogen and oxygen atoms in total. The molecule has 0 heterocycles. The molecule has 6 aromatic rings. The first-order valence-electron chi connectivity index (χ1n) is 17.8. The van der Waals surface area contributed by atoms with E-state index in [0.29, 0.717) is 75.7 Å². The molecular formula is C44H44N2O7. The van der Waals surface area contributed by atoms with E-state index in [0.717, 1.165) is 32.7 Å². The van der Waals surface area contributed by atoms with Gasteiger partial charge < -0.3 is 34.3 Å². The number of hydrogen-bond acceptors (Lipinski definition) is 7. The van der Waals surface area contributed by atoms with Crippen molar-refractivity contribution in [1.82, 2.24) is 0 Å². The molecule has 9 heteroatoms. The summed E-state index contributed by atoms with van der Waals surface area (Å²) in [5.41, 5.74) is 3.19. The van der Waals surface area contributed by atoms with Crippen molar-refractivity contribution in [1.29, 1.82) is 0 Å².